The first-order valence-corrected chi connectivity index (χ1v) is 7.36. The molecule has 0 bridgehead atoms. The monoisotopic (exact) mass is 312 g/mol. The fourth-order valence-corrected chi connectivity index (χ4v) is 2.93. The second kappa shape index (κ2) is 5.93. The molecule has 1 aromatic carbocycles. The van der Waals surface area contributed by atoms with Gasteiger partial charge in [0.05, 0.1) is 5.69 Å². The van der Waals surface area contributed by atoms with Gasteiger partial charge in [-0.1, -0.05) is 0 Å². The molecule has 4 heteroatoms. The summed E-state index contributed by atoms with van der Waals surface area (Å²) in [5, 5.41) is 9.04. The van der Waals surface area contributed by atoms with Crippen molar-refractivity contribution in [2.75, 3.05) is 23.8 Å². The Morgan fingerprint density at radius 2 is 2.17 bits per heavy atom. The Labute approximate surface area is 117 Å². The second-order valence-corrected chi connectivity index (χ2v) is 5.87. The molecule has 0 amide bonds. The van der Waals surface area contributed by atoms with Crippen molar-refractivity contribution < 1.29 is 5.11 Å². The lowest BCUT2D eigenvalue weighted by Gasteiger charge is -2.40. The molecular weight excluding hydrogens is 292 g/mol. The molecule has 0 spiro atoms. The van der Waals surface area contributed by atoms with Gasteiger partial charge in [-0.2, -0.15) is 0 Å². The molecule has 1 aliphatic carbocycles. The molecule has 0 atom stereocenters. The summed E-state index contributed by atoms with van der Waals surface area (Å²) in [5.74, 6) is 0. The molecule has 0 radical (unpaired) electrons. The van der Waals surface area contributed by atoms with Crippen molar-refractivity contribution in [2.24, 2.45) is 0 Å². The molecule has 0 aromatic heterocycles. The topological polar surface area (TPSA) is 49.5 Å². The predicted molar refractivity (Wildman–Crippen MR) is 80.0 cm³/mol. The number of hydrogen-bond acceptors (Lipinski definition) is 3. The molecule has 1 fully saturated rings. The predicted octanol–water partition coefficient (Wildman–Crippen LogP) is 3.08. The van der Waals surface area contributed by atoms with E-state index in [1.54, 1.807) is 0 Å². The lowest BCUT2D eigenvalue weighted by atomic mass is 9.90. The minimum atomic E-state index is 0.245. The molecule has 0 aliphatic heterocycles. The van der Waals surface area contributed by atoms with Crippen LogP contribution in [-0.2, 0) is 0 Å². The highest BCUT2D eigenvalue weighted by Crippen LogP contribution is 2.36. The fourth-order valence-electron chi connectivity index (χ4n) is 2.34. The van der Waals surface area contributed by atoms with Crippen molar-refractivity contribution >= 4 is 27.3 Å². The van der Waals surface area contributed by atoms with Crippen LogP contribution in [-0.4, -0.2) is 24.3 Å². The molecule has 3 nitrogen and oxygen atoms in total. The van der Waals surface area contributed by atoms with Crippen molar-refractivity contribution in [3.63, 3.8) is 0 Å². The SMILES string of the molecule is Cc1cc(N(CCCO)C2CCC2)c(Br)cc1N. The zero-order valence-corrected chi connectivity index (χ0v) is 12.4. The van der Waals surface area contributed by atoms with E-state index < -0.39 is 0 Å². The molecule has 0 saturated heterocycles. The van der Waals surface area contributed by atoms with E-state index in [9.17, 15) is 0 Å². The Balaban J connectivity index is 2.25. The van der Waals surface area contributed by atoms with Gasteiger partial charge in [0.2, 0.25) is 0 Å². The normalized spacial score (nSPS) is 15.5. The Morgan fingerprint density at radius 1 is 1.44 bits per heavy atom. The summed E-state index contributed by atoms with van der Waals surface area (Å²) < 4.78 is 1.05. The average molecular weight is 313 g/mol. The maximum Gasteiger partial charge on any atom is 0.0517 e. The number of anilines is 2. The summed E-state index contributed by atoms with van der Waals surface area (Å²) in [6.45, 7) is 3.19. The highest BCUT2D eigenvalue weighted by atomic mass is 79.9. The Kier molecular flexibility index (Phi) is 4.51. The van der Waals surface area contributed by atoms with Crippen LogP contribution < -0.4 is 10.6 Å². The Bertz CT molecular complexity index is 419. The van der Waals surface area contributed by atoms with E-state index in [1.165, 1.54) is 24.9 Å². The van der Waals surface area contributed by atoms with E-state index in [-0.39, 0.29) is 6.61 Å². The van der Waals surface area contributed by atoms with Gasteiger partial charge in [0.15, 0.2) is 0 Å². The molecule has 1 aliphatic rings. The minimum Gasteiger partial charge on any atom is -0.398 e. The van der Waals surface area contributed by atoms with Gasteiger partial charge in [0.1, 0.15) is 0 Å². The number of hydrogen-bond donors (Lipinski definition) is 2. The first-order chi connectivity index (χ1) is 8.63. The molecule has 3 N–H and O–H groups in total. The van der Waals surface area contributed by atoms with Crippen LogP contribution in [0.25, 0.3) is 0 Å². The van der Waals surface area contributed by atoms with E-state index in [2.05, 4.69) is 26.9 Å². The van der Waals surface area contributed by atoms with Crippen LogP contribution in [0.15, 0.2) is 16.6 Å². The van der Waals surface area contributed by atoms with Gasteiger partial charge >= 0.3 is 0 Å². The van der Waals surface area contributed by atoms with Crippen LogP contribution in [0.4, 0.5) is 11.4 Å². The number of aryl methyl sites for hydroxylation is 1. The van der Waals surface area contributed by atoms with Crippen LogP contribution in [0.5, 0.6) is 0 Å². The summed E-state index contributed by atoms with van der Waals surface area (Å²) >= 11 is 3.61. The first-order valence-electron chi connectivity index (χ1n) is 6.56. The third-order valence-electron chi connectivity index (χ3n) is 3.72. The third kappa shape index (κ3) is 2.81. The van der Waals surface area contributed by atoms with Crippen molar-refractivity contribution in [3.8, 4) is 0 Å². The summed E-state index contributed by atoms with van der Waals surface area (Å²) in [4.78, 5) is 2.41. The molecule has 0 heterocycles. The Hall–Kier alpha value is -0.740. The highest BCUT2D eigenvalue weighted by Gasteiger charge is 2.26. The third-order valence-corrected chi connectivity index (χ3v) is 4.35. The number of benzene rings is 1. The zero-order chi connectivity index (χ0) is 13.1. The molecule has 100 valence electrons. The number of aliphatic hydroxyl groups is 1. The van der Waals surface area contributed by atoms with Gasteiger partial charge < -0.3 is 15.7 Å². The van der Waals surface area contributed by atoms with E-state index in [4.69, 9.17) is 10.8 Å². The van der Waals surface area contributed by atoms with E-state index >= 15 is 0 Å². The van der Waals surface area contributed by atoms with Crippen LogP contribution in [0, 0.1) is 6.92 Å². The second-order valence-electron chi connectivity index (χ2n) is 5.02. The molecule has 1 saturated carbocycles. The molecule has 2 rings (SSSR count). The number of nitrogens with two attached hydrogens (primary N) is 1. The molecule has 0 unspecified atom stereocenters. The molecule has 18 heavy (non-hydrogen) atoms. The van der Waals surface area contributed by atoms with Crippen LogP contribution in [0.1, 0.15) is 31.2 Å². The van der Waals surface area contributed by atoms with Crippen molar-refractivity contribution in [2.45, 2.75) is 38.6 Å². The van der Waals surface area contributed by atoms with Gasteiger partial charge in [-0.05, 0) is 66.2 Å². The summed E-state index contributed by atoms with van der Waals surface area (Å²) in [7, 11) is 0. The van der Waals surface area contributed by atoms with E-state index in [0.717, 1.165) is 28.7 Å². The number of rotatable bonds is 5. The van der Waals surface area contributed by atoms with Gasteiger partial charge in [-0.25, -0.2) is 0 Å². The lowest BCUT2D eigenvalue weighted by molar-refractivity contribution is 0.283. The van der Waals surface area contributed by atoms with E-state index in [1.807, 2.05) is 13.0 Å². The van der Waals surface area contributed by atoms with Crippen molar-refractivity contribution in [3.05, 3.63) is 22.2 Å². The summed E-state index contributed by atoms with van der Waals surface area (Å²) in [6.07, 6.45) is 4.63. The van der Waals surface area contributed by atoms with Crippen molar-refractivity contribution in [1.82, 2.24) is 0 Å². The quantitative estimate of drug-likeness (QED) is 0.821. The summed E-state index contributed by atoms with van der Waals surface area (Å²) in [5.41, 5.74) is 9.07. The maximum atomic E-state index is 9.04. The zero-order valence-electron chi connectivity index (χ0n) is 10.8. The number of nitrogen functional groups attached to an aromatic ring is 1. The van der Waals surface area contributed by atoms with Crippen LogP contribution >= 0.6 is 15.9 Å². The number of nitrogens with zero attached hydrogens (tertiary/aromatic N) is 1. The minimum absolute atomic E-state index is 0.245. The van der Waals surface area contributed by atoms with E-state index in [0.29, 0.717) is 6.04 Å². The standard InChI is InChI=1S/C14H21BrN2O/c1-10-8-14(12(15)9-13(10)16)17(6-3-7-18)11-4-2-5-11/h8-9,11,18H,2-7,16H2,1H3. The molecule has 1 aromatic rings. The summed E-state index contributed by atoms with van der Waals surface area (Å²) in [6, 6.07) is 4.75. The van der Waals surface area contributed by atoms with Gasteiger partial charge in [0.25, 0.3) is 0 Å². The Morgan fingerprint density at radius 3 is 2.72 bits per heavy atom. The van der Waals surface area contributed by atoms with Crippen molar-refractivity contribution in [1.29, 1.82) is 0 Å². The number of halogens is 1. The first kappa shape index (κ1) is 13.7. The average Bonchev–Trinajstić information content (AvgIpc) is 2.27. The van der Waals surface area contributed by atoms with Gasteiger partial charge in [-0.15, -0.1) is 0 Å². The van der Waals surface area contributed by atoms with Crippen LogP contribution in [0.3, 0.4) is 0 Å². The fraction of sp³-hybridized carbons (Fsp3) is 0.571. The maximum absolute atomic E-state index is 9.04. The van der Waals surface area contributed by atoms with Crippen LogP contribution in [0.2, 0.25) is 0 Å². The van der Waals surface area contributed by atoms with Gasteiger partial charge in [-0.3, -0.25) is 0 Å². The largest absolute Gasteiger partial charge is 0.398 e. The van der Waals surface area contributed by atoms with Gasteiger partial charge in [0, 0.05) is 29.4 Å². The smallest absolute Gasteiger partial charge is 0.0517 e. The molecular formula is C14H21BrN2O. The number of aliphatic hydroxyl groups excluding tert-OH is 1. The highest BCUT2D eigenvalue weighted by molar-refractivity contribution is 9.10. The lowest BCUT2D eigenvalue weighted by Crippen LogP contribution is -2.41.